The van der Waals surface area contributed by atoms with E-state index in [0.717, 1.165) is 4.57 Å². The molecule has 236 valence electrons. The van der Waals surface area contributed by atoms with Crippen molar-refractivity contribution < 1.29 is 46.1 Å². The van der Waals surface area contributed by atoms with E-state index >= 15 is 0 Å². The largest absolute Gasteiger partial charge is 0.481 e. The molecule has 0 aliphatic carbocycles. The number of ether oxygens (including phenoxy) is 2. The second-order valence-corrected chi connectivity index (χ2v) is 13.0. The van der Waals surface area contributed by atoms with E-state index in [9.17, 15) is 37.7 Å². The van der Waals surface area contributed by atoms with Crippen molar-refractivity contribution in [3.8, 4) is 0 Å². The highest BCUT2D eigenvalue weighted by atomic mass is 32.1. The lowest BCUT2D eigenvalue weighted by Gasteiger charge is -2.21. The lowest BCUT2D eigenvalue weighted by Crippen LogP contribution is -2.33. The fourth-order valence-electron chi connectivity index (χ4n) is 4.35. The van der Waals surface area contributed by atoms with E-state index in [1.165, 1.54) is 30.8 Å². The second-order valence-electron chi connectivity index (χ2n) is 9.59. The highest BCUT2D eigenvalue weighted by Gasteiger charge is 2.43. The Balaban J connectivity index is 1.34. The van der Waals surface area contributed by atoms with Crippen LogP contribution in [0.15, 0.2) is 31.9 Å². The Bertz CT molecular complexity index is 1760. The summed E-state index contributed by atoms with van der Waals surface area (Å²) in [5.41, 5.74) is 7.47. The van der Waals surface area contributed by atoms with Crippen LogP contribution in [0.25, 0.3) is 10.4 Å². The van der Waals surface area contributed by atoms with E-state index < -0.39 is 82.5 Å². The van der Waals surface area contributed by atoms with Gasteiger partial charge in [0.1, 0.15) is 24.7 Å². The molecule has 2 fully saturated rings. The number of hydrogen-bond donors (Lipinski definition) is 4. The molecule has 4 heterocycles. The zero-order chi connectivity index (χ0) is 31.7. The van der Waals surface area contributed by atoms with Gasteiger partial charge < -0.3 is 19.3 Å². The zero-order valence-corrected chi connectivity index (χ0v) is 24.9. The summed E-state index contributed by atoms with van der Waals surface area (Å²) in [6.07, 6.45) is -4.12. The van der Waals surface area contributed by atoms with Gasteiger partial charge in [-0.1, -0.05) is 5.11 Å². The number of halogens is 1. The van der Waals surface area contributed by atoms with E-state index in [2.05, 4.69) is 28.8 Å². The molecule has 3 unspecified atom stereocenters. The third kappa shape index (κ3) is 8.03. The fourth-order valence-corrected chi connectivity index (χ4v) is 6.70. The van der Waals surface area contributed by atoms with Crippen LogP contribution in [0.3, 0.4) is 0 Å². The number of nitrogens with zero attached hydrogens (tertiary/aromatic N) is 5. The van der Waals surface area contributed by atoms with Crippen LogP contribution in [-0.4, -0.2) is 66.5 Å². The molecular formula is C20H26FN7O12P2S. The van der Waals surface area contributed by atoms with Gasteiger partial charge in [-0.05, 0) is 31.6 Å². The molecule has 2 aliphatic heterocycles. The average molecular weight is 669 g/mol. The van der Waals surface area contributed by atoms with Crippen molar-refractivity contribution in [3.05, 3.63) is 69.9 Å². The predicted molar refractivity (Wildman–Crippen MR) is 144 cm³/mol. The maximum atomic E-state index is 14.6. The van der Waals surface area contributed by atoms with Crippen molar-refractivity contribution in [3.63, 3.8) is 0 Å². The van der Waals surface area contributed by atoms with E-state index in [4.69, 9.17) is 31.7 Å². The van der Waals surface area contributed by atoms with E-state index in [1.807, 2.05) is 0 Å². The monoisotopic (exact) mass is 669 g/mol. The number of nitrogens with one attached hydrogen (secondary N) is 2. The maximum absolute atomic E-state index is 14.6. The van der Waals surface area contributed by atoms with Crippen LogP contribution in [0.4, 0.5) is 4.39 Å². The molecule has 2 aliphatic rings. The third-order valence-corrected chi connectivity index (χ3v) is 9.40. The SMILES string of the molecule is Cc1cn([C@H]2C[C@H](N=[N+]=[N-])[C@@H](COP(=O)(O)OP(=O)(O)OCC3O[C@@H](n4cc(C)c(=O)[nH]c4=S)C[C@@H]3F)O2)c(=O)[nH]c1=O. The summed E-state index contributed by atoms with van der Waals surface area (Å²) in [5.74, 6) is 0. The summed E-state index contributed by atoms with van der Waals surface area (Å²) in [5, 5.41) is 3.52. The summed E-state index contributed by atoms with van der Waals surface area (Å²) in [6, 6.07) is -1.01. The van der Waals surface area contributed by atoms with Gasteiger partial charge >= 0.3 is 21.3 Å². The first-order chi connectivity index (χ1) is 20.1. The van der Waals surface area contributed by atoms with Gasteiger partial charge in [-0.15, -0.1) is 0 Å². The molecule has 2 aromatic rings. The molecular weight excluding hydrogens is 643 g/mol. The molecule has 8 atom stereocenters. The Morgan fingerprint density at radius 3 is 2.19 bits per heavy atom. The van der Waals surface area contributed by atoms with Crippen LogP contribution in [0, 0.1) is 18.6 Å². The third-order valence-electron chi connectivity index (χ3n) is 6.49. The van der Waals surface area contributed by atoms with Gasteiger partial charge in [0.05, 0.1) is 25.4 Å². The molecule has 4 rings (SSSR count). The van der Waals surface area contributed by atoms with E-state index in [0.29, 0.717) is 0 Å². The number of phosphoric acid groups is 2. The number of phosphoric ester groups is 2. The molecule has 0 bridgehead atoms. The van der Waals surface area contributed by atoms with Gasteiger partial charge in [0.15, 0.2) is 4.77 Å². The molecule has 19 nitrogen and oxygen atoms in total. The number of aryl methyl sites for hydroxylation is 2. The molecule has 43 heavy (non-hydrogen) atoms. The van der Waals surface area contributed by atoms with Gasteiger partial charge in [-0.3, -0.25) is 37.7 Å². The summed E-state index contributed by atoms with van der Waals surface area (Å²) >= 11 is 5.07. The number of rotatable bonds is 11. The minimum Gasteiger partial charge on any atom is -0.352 e. The molecule has 4 N–H and O–H groups in total. The fraction of sp³-hybridized carbons (Fsp3) is 0.600. The number of H-pyrrole nitrogens is 2. The minimum atomic E-state index is -5.34. The Morgan fingerprint density at radius 1 is 1.02 bits per heavy atom. The predicted octanol–water partition coefficient (Wildman–Crippen LogP) is 1.92. The standard InChI is InChI=1S/C20H26FN7O12P2S/c1-9-5-27(19(31)23-17(9)29)16-4-12(25-26-22)14(39-16)8-37-42(34,35)40-41(32,33)36-7-13-11(21)3-15(38-13)28-6-10(2)18(30)24-20(28)43/h5-6,11-16H,3-4,7-8H2,1-2H3,(H,32,33)(H,34,35)(H,23,29,31)(H,24,30,43)/t11-,12-,13?,14+,15+,16+/m0/s1. The highest BCUT2D eigenvalue weighted by molar-refractivity contribution is 7.71. The van der Waals surface area contributed by atoms with Crippen molar-refractivity contribution in [2.45, 2.75) is 63.6 Å². The van der Waals surface area contributed by atoms with Crippen molar-refractivity contribution >= 4 is 27.9 Å². The normalized spacial score (nSPS) is 28.2. The molecule has 2 saturated heterocycles. The molecule has 0 amide bonds. The number of aromatic nitrogens is 4. The Hall–Kier alpha value is -2.80. The quantitative estimate of drug-likeness (QED) is 0.0877. The van der Waals surface area contributed by atoms with Crippen molar-refractivity contribution in [2.75, 3.05) is 13.2 Å². The first kappa shape index (κ1) is 33.1. The number of hydrogen-bond acceptors (Lipinski definition) is 12. The first-order valence-corrected chi connectivity index (χ1v) is 15.8. The number of alkyl halides is 1. The van der Waals surface area contributed by atoms with Crippen molar-refractivity contribution in [1.82, 2.24) is 19.1 Å². The zero-order valence-electron chi connectivity index (χ0n) is 22.3. The lowest BCUT2D eigenvalue weighted by atomic mass is 10.1. The van der Waals surface area contributed by atoms with Crippen molar-refractivity contribution in [1.29, 1.82) is 0 Å². The average Bonchev–Trinajstić information content (AvgIpc) is 3.48. The lowest BCUT2D eigenvalue weighted by molar-refractivity contribution is -0.0359. The van der Waals surface area contributed by atoms with Crippen LogP contribution in [0.5, 0.6) is 0 Å². The Kier molecular flexibility index (Phi) is 10.0. The Labute approximate surface area is 245 Å². The van der Waals surface area contributed by atoms with Gasteiger partial charge in [0.25, 0.3) is 11.1 Å². The Morgan fingerprint density at radius 2 is 1.56 bits per heavy atom. The van der Waals surface area contributed by atoms with Gasteiger partial charge in [0.2, 0.25) is 0 Å². The van der Waals surface area contributed by atoms with Crippen molar-refractivity contribution in [2.24, 2.45) is 5.11 Å². The molecule has 0 saturated carbocycles. The van der Waals surface area contributed by atoms with Gasteiger partial charge in [-0.25, -0.2) is 18.3 Å². The number of azide groups is 1. The molecule has 0 spiro atoms. The van der Waals surface area contributed by atoms with Crippen LogP contribution >= 0.6 is 27.9 Å². The smallest absolute Gasteiger partial charge is 0.352 e. The maximum Gasteiger partial charge on any atom is 0.481 e. The van der Waals surface area contributed by atoms with Crippen LogP contribution in [0.2, 0.25) is 0 Å². The van der Waals surface area contributed by atoms with Crippen LogP contribution in [-0.2, 0) is 32.0 Å². The molecule has 0 aromatic carbocycles. The topological polar surface area (TPSA) is 262 Å². The molecule has 2 aromatic heterocycles. The summed E-state index contributed by atoms with van der Waals surface area (Å²) in [6.45, 7) is 1.27. The number of aromatic amines is 2. The summed E-state index contributed by atoms with van der Waals surface area (Å²) in [7, 11) is -10.7. The molecule has 0 radical (unpaired) electrons. The summed E-state index contributed by atoms with van der Waals surface area (Å²) < 4.78 is 66.5. The minimum absolute atomic E-state index is 0.0370. The molecule has 23 heteroatoms. The van der Waals surface area contributed by atoms with Crippen LogP contribution < -0.4 is 16.8 Å². The van der Waals surface area contributed by atoms with Gasteiger partial charge in [-0.2, -0.15) is 4.31 Å². The second kappa shape index (κ2) is 13.1. The van der Waals surface area contributed by atoms with Gasteiger partial charge in [0, 0.05) is 41.3 Å². The van der Waals surface area contributed by atoms with Crippen LogP contribution in [0.1, 0.15) is 36.4 Å². The summed E-state index contributed by atoms with van der Waals surface area (Å²) in [4.78, 5) is 62.7. The highest BCUT2D eigenvalue weighted by Crippen LogP contribution is 2.60. The van der Waals surface area contributed by atoms with E-state index in [-0.39, 0.29) is 28.7 Å². The van der Waals surface area contributed by atoms with E-state index in [1.54, 1.807) is 0 Å². The first-order valence-electron chi connectivity index (χ1n) is 12.4.